The highest BCUT2D eigenvalue weighted by atomic mass is 19.1. The van der Waals surface area contributed by atoms with Gasteiger partial charge in [0.1, 0.15) is 0 Å². The van der Waals surface area contributed by atoms with E-state index in [1.54, 1.807) is 23.9 Å². The fourth-order valence-corrected chi connectivity index (χ4v) is 1.79. The molecule has 100 valence electrons. The predicted octanol–water partition coefficient (Wildman–Crippen LogP) is -0.121. The highest BCUT2D eigenvalue weighted by Gasteiger charge is 2.20. The summed E-state index contributed by atoms with van der Waals surface area (Å²) >= 11 is 0. The molecular formula is C11H17FN4O2. The molecule has 2 heterocycles. The summed E-state index contributed by atoms with van der Waals surface area (Å²) in [6, 6.07) is 0. The molecular weight excluding hydrogens is 239 g/mol. The number of halogens is 1. The first-order chi connectivity index (χ1) is 8.58. The van der Waals surface area contributed by atoms with E-state index in [9.17, 15) is 9.50 Å². The summed E-state index contributed by atoms with van der Waals surface area (Å²) < 4.78 is 18.7. The second-order valence-electron chi connectivity index (χ2n) is 4.41. The van der Waals surface area contributed by atoms with Gasteiger partial charge in [-0.2, -0.15) is 4.98 Å². The minimum absolute atomic E-state index is 0.236. The standard InChI is InChI=1S/C11H17FN4O2/c1-15(2)10-9(12)5-13-11(14-10)16-3-4-18-7-8(17)6-16/h5,8,17H,3-4,6-7H2,1-2H3/t8-/m1/s1. The second-order valence-corrected chi connectivity index (χ2v) is 4.41. The molecule has 1 N–H and O–H groups in total. The molecule has 0 aliphatic carbocycles. The van der Waals surface area contributed by atoms with Crippen molar-refractivity contribution in [2.24, 2.45) is 0 Å². The number of hydrogen-bond acceptors (Lipinski definition) is 6. The van der Waals surface area contributed by atoms with Crippen LogP contribution in [0.1, 0.15) is 0 Å². The predicted molar refractivity (Wildman–Crippen MR) is 65.4 cm³/mol. The fourth-order valence-electron chi connectivity index (χ4n) is 1.79. The molecule has 0 amide bonds. The Labute approximate surface area is 105 Å². The van der Waals surface area contributed by atoms with Gasteiger partial charge in [-0.3, -0.25) is 0 Å². The molecule has 1 aliphatic rings. The number of ether oxygens (including phenoxy) is 1. The molecule has 0 unspecified atom stereocenters. The first kappa shape index (κ1) is 13.0. The molecule has 18 heavy (non-hydrogen) atoms. The zero-order valence-corrected chi connectivity index (χ0v) is 10.5. The quantitative estimate of drug-likeness (QED) is 0.796. The van der Waals surface area contributed by atoms with Crippen LogP contribution < -0.4 is 9.80 Å². The third-order valence-corrected chi connectivity index (χ3v) is 2.67. The average Bonchev–Trinajstić information content (AvgIpc) is 2.54. The van der Waals surface area contributed by atoms with Crippen molar-refractivity contribution < 1.29 is 14.2 Å². The molecule has 1 fully saturated rings. The lowest BCUT2D eigenvalue weighted by molar-refractivity contribution is 0.0597. The van der Waals surface area contributed by atoms with Crippen molar-refractivity contribution in [3.05, 3.63) is 12.0 Å². The molecule has 1 aliphatic heterocycles. The Hall–Kier alpha value is -1.47. The van der Waals surface area contributed by atoms with Crippen molar-refractivity contribution in [2.45, 2.75) is 6.10 Å². The van der Waals surface area contributed by atoms with Crippen molar-refractivity contribution >= 4 is 11.8 Å². The number of anilines is 2. The monoisotopic (exact) mass is 256 g/mol. The van der Waals surface area contributed by atoms with Gasteiger partial charge in [0.2, 0.25) is 5.95 Å². The summed E-state index contributed by atoms with van der Waals surface area (Å²) in [6.07, 6.45) is 0.569. The van der Waals surface area contributed by atoms with Crippen molar-refractivity contribution in [1.82, 2.24) is 9.97 Å². The van der Waals surface area contributed by atoms with E-state index < -0.39 is 11.9 Å². The number of aliphatic hydroxyl groups is 1. The Morgan fingerprint density at radius 3 is 3.06 bits per heavy atom. The summed E-state index contributed by atoms with van der Waals surface area (Å²) in [5.41, 5.74) is 0. The largest absolute Gasteiger partial charge is 0.389 e. The number of aromatic nitrogens is 2. The molecule has 0 bridgehead atoms. The van der Waals surface area contributed by atoms with E-state index in [0.29, 0.717) is 32.3 Å². The van der Waals surface area contributed by atoms with Gasteiger partial charge < -0.3 is 19.6 Å². The van der Waals surface area contributed by atoms with Crippen LogP contribution in [0.4, 0.5) is 16.2 Å². The van der Waals surface area contributed by atoms with Crippen LogP contribution in [0.2, 0.25) is 0 Å². The van der Waals surface area contributed by atoms with E-state index in [0.717, 1.165) is 6.20 Å². The molecule has 0 radical (unpaired) electrons. The van der Waals surface area contributed by atoms with E-state index in [1.807, 2.05) is 0 Å². The molecule has 0 spiro atoms. The minimum atomic E-state index is -0.580. The third kappa shape index (κ3) is 2.85. The summed E-state index contributed by atoms with van der Waals surface area (Å²) in [7, 11) is 3.44. The number of hydrogen-bond donors (Lipinski definition) is 1. The molecule has 7 heteroatoms. The van der Waals surface area contributed by atoms with Gasteiger partial charge in [-0.05, 0) is 0 Å². The third-order valence-electron chi connectivity index (χ3n) is 2.67. The van der Waals surface area contributed by atoms with Crippen LogP contribution in [-0.2, 0) is 4.74 Å². The smallest absolute Gasteiger partial charge is 0.227 e. The minimum Gasteiger partial charge on any atom is -0.389 e. The van der Waals surface area contributed by atoms with Gasteiger partial charge in [0.25, 0.3) is 0 Å². The Morgan fingerprint density at radius 2 is 2.33 bits per heavy atom. The Bertz CT molecular complexity index is 416. The molecule has 6 nitrogen and oxygen atoms in total. The molecule has 1 aromatic rings. The Balaban J connectivity index is 2.24. The molecule has 0 aromatic carbocycles. The van der Waals surface area contributed by atoms with Crippen LogP contribution >= 0.6 is 0 Å². The molecule has 1 atom stereocenters. The van der Waals surface area contributed by atoms with Crippen LogP contribution in [0, 0.1) is 5.82 Å². The SMILES string of the molecule is CN(C)c1nc(N2CCOC[C@H](O)C2)ncc1F. The maximum Gasteiger partial charge on any atom is 0.227 e. The van der Waals surface area contributed by atoms with Crippen LogP contribution in [0.5, 0.6) is 0 Å². The molecule has 1 aromatic heterocycles. The lowest BCUT2D eigenvalue weighted by Gasteiger charge is -2.22. The van der Waals surface area contributed by atoms with E-state index in [-0.39, 0.29) is 5.82 Å². The number of β-amino-alcohol motifs (C(OH)–C–C–N with tert-alkyl or cyclic N) is 1. The van der Waals surface area contributed by atoms with Crippen molar-refractivity contribution in [3.63, 3.8) is 0 Å². The van der Waals surface area contributed by atoms with Crippen molar-refractivity contribution in [3.8, 4) is 0 Å². The van der Waals surface area contributed by atoms with Gasteiger partial charge in [-0.25, -0.2) is 9.37 Å². The topological polar surface area (TPSA) is 61.7 Å². The van der Waals surface area contributed by atoms with E-state index >= 15 is 0 Å². The summed E-state index contributed by atoms with van der Waals surface area (Å²) in [5.74, 6) is 0.180. The maximum atomic E-state index is 13.5. The summed E-state index contributed by atoms with van der Waals surface area (Å²) in [4.78, 5) is 11.5. The van der Waals surface area contributed by atoms with Gasteiger partial charge in [0, 0.05) is 27.2 Å². The van der Waals surface area contributed by atoms with E-state index in [1.165, 1.54) is 0 Å². The lowest BCUT2D eigenvalue weighted by Crippen LogP contribution is -2.34. The van der Waals surface area contributed by atoms with Gasteiger partial charge >= 0.3 is 0 Å². The average molecular weight is 256 g/mol. The fraction of sp³-hybridized carbons (Fsp3) is 0.636. The van der Waals surface area contributed by atoms with Crippen LogP contribution in [0.3, 0.4) is 0 Å². The summed E-state index contributed by atoms with van der Waals surface area (Å²) in [6.45, 7) is 1.77. The van der Waals surface area contributed by atoms with E-state index in [4.69, 9.17) is 4.74 Å². The second kappa shape index (κ2) is 5.45. The zero-order valence-electron chi connectivity index (χ0n) is 10.5. The zero-order chi connectivity index (χ0) is 13.1. The van der Waals surface area contributed by atoms with Gasteiger partial charge in [-0.1, -0.05) is 0 Å². The van der Waals surface area contributed by atoms with Crippen LogP contribution in [0.25, 0.3) is 0 Å². The van der Waals surface area contributed by atoms with E-state index in [2.05, 4.69) is 9.97 Å². The lowest BCUT2D eigenvalue weighted by atomic mass is 10.3. The Morgan fingerprint density at radius 1 is 1.56 bits per heavy atom. The van der Waals surface area contributed by atoms with Crippen LogP contribution in [-0.4, -0.2) is 61.6 Å². The van der Waals surface area contributed by atoms with Gasteiger partial charge in [0.05, 0.1) is 25.5 Å². The highest BCUT2D eigenvalue weighted by molar-refractivity contribution is 5.43. The number of aliphatic hydroxyl groups excluding tert-OH is 1. The van der Waals surface area contributed by atoms with Gasteiger partial charge in [-0.15, -0.1) is 0 Å². The molecule has 0 saturated carbocycles. The van der Waals surface area contributed by atoms with Crippen LogP contribution in [0.15, 0.2) is 6.20 Å². The summed E-state index contributed by atoms with van der Waals surface area (Å²) in [5, 5.41) is 9.65. The van der Waals surface area contributed by atoms with Gasteiger partial charge in [0.15, 0.2) is 11.6 Å². The maximum absolute atomic E-state index is 13.5. The van der Waals surface area contributed by atoms with Crippen molar-refractivity contribution in [2.75, 3.05) is 50.2 Å². The van der Waals surface area contributed by atoms with Crippen molar-refractivity contribution in [1.29, 1.82) is 0 Å². The highest BCUT2D eigenvalue weighted by Crippen LogP contribution is 2.18. The molecule has 2 rings (SSSR count). The molecule has 1 saturated heterocycles. The normalized spacial score (nSPS) is 20.7. The first-order valence-corrected chi connectivity index (χ1v) is 5.78. The first-order valence-electron chi connectivity index (χ1n) is 5.78. The number of rotatable bonds is 2. The number of nitrogens with zero attached hydrogens (tertiary/aromatic N) is 4. The Kier molecular flexibility index (Phi) is 3.93.